The molecule has 1 heterocycles. The molecule has 3 nitrogen and oxygen atoms in total. The second kappa shape index (κ2) is 6.51. The van der Waals surface area contributed by atoms with Gasteiger partial charge in [0.25, 0.3) is 5.91 Å². The summed E-state index contributed by atoms with van der Waals surface area (Å²) in [5.74, 6) is 0.0264. The Balaban J connectivity index is 1.77. The van der Waals surface area contributed by atoms with E-state index < -0.39 is 0 Å². The highest BCUT2D eigenvalue weighted by atomic mass is 35.5. The van der Waals surface area contributed by atoms with Crippen LogP contribution in [-0.4, -0.2) is 30.5 Å². The van der Waals surface area contributed by atoms with Gasteiger partial charge in [-0.05, 0) is 42.3 Å². The van der Waals surface area contributed by atoms with Crippen molar-refractivity contribution in [2.45, 2.75) is 13.0 Å². The third-order valence-electron chi connectivity index (χ3n) is 3.98. The summed E-state index contributed by atoms with van der Waals surface area (Å²) in [5, 5.41) is 0.635. The zero-order valence-electron chi connectivity index (χ0n) is 12.5. The van der Waals surface area contributed by atoms with Gasteiger partial charge in [0.1, 0.15) is 6.10 Å². The van der Waals surface area contributed by atoms with E-state index in [9.17, 15) is 4.79 Å². The standard InChI is InChI=1S/C18H18ClNO2/c1-13-4-2-3-5-16(13)17-12-20(10-11-22-17)18(21)14-6-8-15(19)9-7-14/h2-9,17H,10-12H2,1H3. The van der Waals surface area contributed by atoms with Gasteiger partial charge in [0, 0.05) is 17.1 Å². The number of benzene rings is 2. The Morgan fingerprint density at radius 1 is 1.18 bits per heavy atom. The van der Waals surface area contributed by atoms with E-state index in [0.717, 1.165) is 5.56 Å². The second-order valence-corrected chi connectivity index (χ2v) is 5.91. The zero-order valence-corrected chi connectivity index (χ0v) is 13.2. The maximum atomic E-state index is 12.6. The van der Waals surface area contributed by atoms with Crippen LogP contribution in [0.3, 0.4) is 0 Å². The lowest BCUT2D eigenvalue weighted by Gasteiger charge is -2.34. The van der Waals surface area contributed by atoms with Gasteiger partial charge in [-0.2, -0.15) is 0 Å². The lowest BCUT2D eigenvalue weighted by Crippen LogP contribution is -2.42. The fourth-order valence-electron chi connectivity index (χ4n) is 2.74. The average Bonchev–Trinajstić information content (AvgIpc) is 2.55. The highest BCUT2D eigenvalue weighted by Gasteiger charge is 2.26. The Bertz CT molecular complexity index is 669. The normalized spacial score (nSPS) is 18.3. The van der Waals surface area contributed by atoms with Crippen LogP contribution in [0.15, 0.2) is 48.5 Å². The molecular formula is C18H18ClNO2. The Kier molecular flexibility index (Phi) is 4.46. The molecule has 4 heteroatoms. The first kappa shape index (κ1) is 15.1. The Labute approximate surface area is 135 Å². The molecule has 114 valence electrons. The van der Waals surface area contributed by atoms with Crippen molar-refractivity contribution in [1.82, 2.24) is 4.90 Å². The summed E-state index contributed by atoms with van der Waals surface area (Å²) in [6, 6.07) is 15.2. The summed E-state index contributed by atoms with van der Waals surface area (Å²) in [7, 11) is 0. The molecule has 0 spiro atoms. The number of halogens is 1. The van der Waals surface area contributed by atoms with Gasteiger partial charge >= 0.3 is 0 Å². The van der Waals surface area contributed by atoms with E-state index in [1.54, 1.807) is 24.3 Å². The maximum Gasteiger partial charge on any atom is 0.254 e. The molecule has 1 atom stereocenters. The summed E-state index contributed by atoms with van der Waals surface area (Å²) < 4.78 is 5.87. The fraction of sp³-hybridized carbons (Fsp3) is 0.278. The van der Waals surface area contributed by atoms with Crippen molar-refractivity contribution < 1.29 is 9.53 Å². The highest BCUT2D eigenvalue weighted by Crippen LogP contribution is 2.26. The fourth-order valence-corrected chi connectivity index (χ4v) is 2.87. The molecule has 22 heavy (non-hydrogen) atoms. The molecule has 2 aromatic carbocycles. The molecule has 3 rings (SSSR count). The van der Waals surface area contributed by atoms with Crippen LogP contribution < -0.4 is 0 Å². The van der Waals surface area contributed by atoms with Gasteiger partial charge in [0.15, 0.2) is 0 Å². The van der Waals surface area contributed by atoms with Crippen molar-refractivity contribution in [3.8, 4) is 0 Å². The average molecular weight is 316 g/mol. The molecule has 1 saturated heterocycles. The third kappa shape index (κ3) is 3.16. The van der Waals surface area contributed by atoms with Gasteiger partial charge in [0.05, 0.1) is 13.2 Å². The molecule has 1 aliphatic rings. The Morgan fingerprint density at radius 2 is 1.91 bits per heavy atom. The van der Waals surface area contributed by atoms with Gasteiger partial charge in [0.2, 0.25) is 0 Å². The van der Waals surface area contributed by atoms with E-state index in [2.05, 4.69) is 19.1 Å². The number of carbonyl (C=O) groups excluding carboxylic acids is 1. The van der Waals surface area contributed by atoms with Gasteiger partial charge < -0.3 is 9.64 Å². The van der Waals surface area contributed by atoms with Crippen molar-refractivity contribution in [3.05, 3.63) is 70.2 Å². The van der Waals surface area contributed by atoms with Crippen molar-refractivity contribution in [1.29, 1.82) is 0 Å². The molecule has 2 aromatic rings. The monoisotopic (exact) mass is 315 g/mol. The van der Waals surface area contributed by atoms with Crippen molar-refractivity contribution in [2.75, 3.05) is 19.7 Å². The summed E-state index contributed by atoms with van der Waals surface area (Å²) in [6.45, 7) is 3.81. The zero-order chi connectivity index (χ0) is 15.5. The van der Waals surface area contributed by atoms with E-state index >= 15 is 0 Å². The topological polar surface area (TPSA) is 29.5 Å². The lowest BCUT2D eigenvalue weighted by molar-refractivity contribution is -0.0230. The number of morpholine rings is 1. The van der Waals surface area contributed by atoms with E-state index in [-0.39, 0.29) is 12.0 Å². The van der Waals surface area contributed by atoms with E-state index in [1.807, 2.05) is 17.0 Å². The molecule has 1 amide bonds. The molecule has 0 N–H and O–H groups in total. The summed E-state index contributed by atoms with van der Waals surface area (Å²) in [4.78, 5) is 14.5. The maximum absolute atomic E-state index is 12.6. The van der Waals surface area contributed by atoms with Crippen molar-refractivity contribution in [3.63, 3.8) is 0 Å². The first-order valence-corrected chi connectivity index (χ1v) is 7.75. The third-order valence-corrected chi connectivity index (χ3v) is 4.23. The van der Waals surface area contributed by atoms with Gasteiger partial charge in [-0.1, -0.05) is 35.9 Å². The van der Waals surface area contributed by atoms with E-state index in [0.29, 0.717) is 30.3 Å². The number of carbonyl (C=O) groups is 1. The Hall–Kier alpha value is -1.84. The van der Waals surface area contributed by atoms with Crippen LogP contribution in [0.5, 0.6) is 0 Å². The second-order valence-electron chi connectivity index (χ2n) is 5.47. The smallest absolute Gasteiger partial charge is 0.254 e. The SMILES string of the molecule is Cc1ccccc1C1CN(C(=O)c2ccc(Cl)cc2)CCO1. The summed E-state index contributed by atoms with van der Waals surface area (Å²) >= 11 is 5.88. The van der Waals surface area contributed by atoms with E-state index in [4.69, 9.17) is 16.3 Å². The van der Waals surface area contributed by atoms with Crippen LogP contribution in [0.2, 0.25) is 5.02 Å². The number of aryl methyl sites for hydroxylation is 1. The predicted octanol–water partition coefficient (Wildman–Crippen LogP) is 3.86. The lowest BCUT2D eigenvalue weighted by atomic mass is 10.0. The van der Waals surface area contributed by atoms with Crippen molar-refractivity contribution >= 4 is 17.5 Å². The first-order valence-electron chi connectivity index (χ1n) is 7.37. The minimum absolute atomic E-state index is 0.0264. The largest absolute Gasteiger partial charge is 0.370 e. The van der Waals surface area contributed by atoms with Crippen molar-refractivity contribution in [2.24, 2.45) is 0 Å². The minimum atomic E-state index is -0.0637. The Morgan fingerprint density at radius 3 is 2.64 bits per heavy atom. The molecule has 0 bridgehead atoms. The number of hydrogen-bond acceptors (Lipinski definition) is 2. The minimum Gasteiger partial charge on any atom is -0.370 e. The molecule has 0 aliphatic carbocycles. The molecule has 1 aliphatic heterocycles. The molecule has 0 radical (unpaired) electrons. The first-order chi connectivity index (χ1) is 10.6. The van der Waals surface area contributed by atoms with Crippen LogP contribution in [0.25, 0.3) is 0 Å². The van der Waals surface area contributed by atoms with Gasteiger partial charge in [-0.15, -0.1) is 0 Å². The quantitative estimate of drug-likeness (QED) is 0.842. The number of amides is 1. The van der Waals surface area contributed by atoms with Crippen LogP contribution in [-0.2, 0) is 4.74 Å². The summed E-state index contributed by atoms with van der Waals surface area (Å²) in [5.41, 5.74) is 3.00. The predicted molar refractivity (Wildman–Crippen MR) is 87.2 cm³/mol. The molecular weight excluding hydrogens is 298 g/mol. The highest BCUT2D eigenvalue weighted by molar-refractivity contribution is 6.30. The van der Waals surface area contributed by atoms with E-state index in [1.165, 1.54) is 5.56 Å². The van der Waals surface area contributed by atoms with Crippen LogP contribution in [0.1, 0.15) is 27.6 Å². The van der Waals surface area contributed by atoms with Gasteiger partial charge in [-0.25, -0.2) is 0 Å². The summed E-state index contributed by atoms with van der Waals surface area (Å²) in [6.07, 6.45) is -0.0637. The molecule has 1 fully saturated rings. The van der Waals surface area contributed by atoms with Crippen LogP contribution in [0.4, 0.5) is 0 Å². The molecule has 1 unspecified atom stereocenters. The molecule has 0 aromatic heterocycles. The number of hydrogen-bond donors (Lipinski definition) is 0. The van der Waals surface area contributed by atoms with Crippen LogP contribution in [0, 0.1) is 6.92 Å². The van der Waals surface area contributed by atoms with Crippen LogP contribution >= 0.6 is 11.6 Å². The number of rotatable bonds is 2. The molecule has 0 saturated carbocycles. The van der Waals surface area contributed by atoms with Gasteiger partial charge in [-0.3, -0.25) is 4.79 Å². The number of nitrogens with zero attached hydrogens (tertiary/aromatic N) is 1. The number of ether oxygens (including phenoxy) is 1.